The molecule has 2 aromatic rings. The van der Waals surface area contributed by atoms with Crippen LogP contribution in [0.5, 0.6) is 0 Å². The van der Waals surface area contributed by atoms with Gasteiger partial charge in [-0.05, 0) is 22.9 Å². The Kier molecular flexibility index (Phi) is 1.91. The van der Waals surface area contributed by atoms with Gasteiger partial charge in [0.1, 0.15) is 0 Å². The van der Waals surface area contributed by atoms with Gasteiger partial charge >= 0.3 is 0 Å². The van der Waals surface area contributed by atoms with Crippen LogP contribution in [-0.4, -0.2) is 11.8 Å². The largest absolute Gasteiger partial charge is 0.269 e. The molecule has 0 aliphatic carbocycles. The van der Waals surface area contributed by atoms with Crippen molar-refractivity contribution in [3.63, 3.8) is 0 Å². The minimum atomic E-state index is -0.272. The van der Waals surface area contributed by atoms with Gasteiger partial charge in [-0.3, -0.25) is 9.59 Å². The van der Waals surface area contributed by atoms with E-state index in [1.807, 2.05) is 23.6 Å². The van der Waals surface area contributed by atoms with E-state index >= 15 is 0 Å². The molecule has 2 heterocycles. The van der Waals surface area contributed by atoms with Crippen molar-refractivity contribution in [1.29, 1.82) is 0 Å². The first-order valence-electron chi connectivity index (χ1n) is 4.80. The lowest BCUT2D eigenvalue weighted by Gasteiger charge is -2.14. The van der Waals surface area contributed by atoms with Crippen molar-refractivity contribution in [2.24, 2.45) is 0 Å². The number of imide groups is 1. The zero-order valence-electron chi connectivity index (χ0n) is 8.21. The lowest BCUT2D eigenvalue weighted by atomic mass is 10.2. The van der Waals surface area contributed by atoms with Crippen molar-refractivity contribution >= 4 is 38.9 Å². The smallest absolute Gasteiger partial charge is 0.258 e. The average molecular weight is 229 g/mol. The van der Waals surface area contributed by atoms with Crippen LogP contribution in [0.1, 0.15) is 0 Å². The van der Waals surface area contributed by atoms with Gasteiger partial charge in [0.05, 0.1) is 10.4 Å². The molecule has 1 aromatic carbocycles. The fourth-order valence-electron chi connectivity index (χ4n) is 1.79. The lowest BCUT2D eigenvalue weighted by Crippen LogP contribution is -2.29. The summed E-state index contributed by atoms with van der Waals surface area (Å²) >= 11 is 1.53. The number of fused-ring (bicyclic) bond motifs is 1. The summed E-state index contributed by atoms with van der Waals surface area (Å²) in [5.41, 5.74) is 0.674. The Balaban J connectivity index is 2.23. The SMILES string of the molecule is O=C1C=CC(=O)N1c1cccc2ccsc12. The highest BCUT2D eigenvalue weighted by molar-refractivity contribution is 7.17. The van der Waals surface area contributed by atoms with E-state index in [9.17, 15) is 9.59 Å². The van der Waals surface area contributed by atoms with E-state index in [-0.39, 0.29) is 11.8 Å². The highest BCUT2D eigenvalue weighted by Gasteiger charge is 2.26. The van der Waals surface area contributed by atoms with Gasteiger partial charge in [-0.2, -0.15) is 0 Å². The Morgan fingerprint density at radius 3 is 2.50 bits per heavy atom. The third kappa shape index (κ3) is 1.20. The number of carbonyl (C=O) groups is 2. The Morgan fingerprint density at radius 2 is 1.75 bits per heavy atom. The van der Waals surface area contributed by atoms with Crippen molar-refractivity contribution < 1.29 is 9.59 Å². The highest BCUT2D eigenvalue weighted by atomic mass is 32.1. The molecular formula is C12H7NO2S. The summed E-state index contributed by atoms with van der Waals surface area (Å²) in [6, 6.07) is 7.58. The van der Waals surface area contributed by atoms with E-state index in [1.165, 1.54) is 28.4 Å². The molecule has 2 amide bonds. The van der Waals surface area contributed by atoms with Gasteiger partial charge in [-0.1, -0.05) is 12.1 Å². The molecule has 3 nitrogen and oxygen atoms in total. The number of rotatable bonds is 1. The first-order chi connectivity index (χ1) is 7.77. The fraction of sp³-hybridized carbons (Fsp3) is 0. The van der Waals surface area contributed by atoms with Crippen LogP contribution < -0.4 is 4.90 Å². The van der Waals surface area contributed by atoms with Crippen LogP contribution in [0.2, 0.25) is 0 Å². The minimum Gasteiger partial charge on any atom is -0.269 e. The van der Waals surface area contributed by atoms with Gasteiger partial charge in [0.15, 0.2) is 0 Å². The standard InChI is InChI=1S/C12H7NO2S/c14-10-4-5-11(15)13(10)9-3-1-2-8-6-7-16-12(8)9/h1-7H. The van der Waals surface area contributed by atoms with Crippen LogP contribution in [0, 0.1) is 0 Å². The molecule has 0 atom stereocenters. The van der Waals surface area contributed by atoms with Crippen molar-refractivity contribution in [3.05, 3.63) is 41.8 Å². The van der Waals surface area contributed by atoms with E-state index in [4.69, 9.17) is 0 Å². The lowest BCUT2D eigenvalue weighted by molar-refractivity contribution is -0.119. The summed E-state index contributed by atoms with van der Waals surface area (Å²) in [6.07, 6.45) is 2.60. The Bertz CT molecular complexity index is 609. The Labute approximate surface area is 95.6 Å². The number of hydrogen-bond donors (Lipinski definition) is 0. The highest BCUT2D eigenvalue weighted by Crippen LogP contribution is 2.32. The molecule has 78 valence electrons. The molecule has 0 radical (unpaired) electrons. The van der Waals surface area contributed by atoms with Gasteiger partial charge in [0.25, 0.3) is 11.8 Å². The summed E-state index contributed by atoms with van der Waals surface area (Å²) in [4.78, 5) is 24.4. The van der Waals surface area contributed by atoms with Crippen molar-refractivity contribution in [3.8, 4) is 0 Å². The molecule has 1 aromatic heterocycles. The number of nitrogens with zero attached hydrogens (tertiary/aromatic N) is 1. The van der Waals surface area contributed by atoms with Crippen molar-refractivity contribution in [2.45, 2.75) is 0 Å². The van der Waals surface area contributed by atoms with Crippen LogP contribution in [0.3, 0.4) is 0 Å². The van der Waals surface area contributed by atoms with Gasteiger partial charge < -0.3 is 0 Å². The first-order valence-corrected chi connectivity index (χ1v) is 5.68. The summed E-state index contributed by atoms with van der Waals surface area (Å²) in [5, 5.41) is 3.00. The quantitative estimate of drug-likeness (QED) is 0.704. The summed E-state index contributed by atoms with van der Waals surface area (Å²) < 4.78 is 0.966. The zero-order chi connectivity index (χ0) is 11.1. The Hall–Kier alpha value is -1.94. The summed E-state index contributed by atoms with van der Waals surface area (Å²) in [7, 11) is 0. The topological polar surface area (TPSA) is 37.4 Å². The fourth-order valence-corrected chi connectivity index (χ4v) is 2.69. The molecule has 16 heavy (non-hydrogen) atoms. The normalized spacial score (nSPS) is 15.4. The van der Waals surface area contributed by atoms with Crippen LogP contribution in [0.25, 0.3) is 10.1 Å². The molecule has 0 unspecified atom stereocenters. The van der Waals surface area contributed by atoms with E-state index in [2.05, 4.69) is 0 Å². The molecule has 0 N–H and O–H groups in total. The molecule has 1 aliphatic rings. The van der Waals surface area contributed by atoms with Crippen LogP contribution in [-0.2, 0) is 9.59 Å². The second kappa shape index (κ2) is 3.28. The van der Waals surface area contributed by atoms with E-state index < -0.39 is 0 Å². The number of carbonyl (C=O) groups excluding carboxylic acids is 2. The molecule has 1 aliphatic heterocycles. The molecule has 0 bridgehead atoms. The zero-order valence-corrected chi connectivity index (χ0v) is 9.03. The number of hydrogen-bond acceptors (Lipinski definition) is 3. The monoisotopic (exact) mass is 229 g/mol. The van der Waals surface area contributed by atoms with E-state index in [1.54, 1.807) is 6.07 Å². The maximum atomic E-state index is 11.6. The summed E-state index contributed by atoms with van der Waals surface area (Å²) in [6.45, 7) is 0. The van der Waals surface area contributed by atoms with Crippen LogP contribution in [0.4, 0.5) is 5.69 Å². The number of anilines is 1. The number of thiophene rings is 1. The van der Waals surface area contributed by atoms with E-state index in [0.29, 0.717) is 5.69 Å². The molecule has 0 saturated heterocycles. The second-order valence-electron chi connectivity index (χ2n) is 3.46. The number of benzene rings is 1. The molecule has 0 saturated carbocycles. The minimum absolute atomic E-state index is 0.272. The first kappa shape index (κ1) is 9.30. The third-order valence-corrected chi connectivity index (χ3v) is 3.46. The van der Waals surface area contributed by atoms with Crippen LogP contribution in [0.15, 0.2) is 41.8 Å². The molecule has 3 rings (SSSR count). The van der Waals surface area contributed by atoms with Gasteiger partial charge in [0, 0.05) is 12.2 Å². The third-order valence-electron chi connectivity index (χ3n) is 2.51. The average Bonchev–Trinajstić information content (AvgIpc) is 2.86. The second-order valence-corrected chi connectivity index (χ2v) is 4.38. The Morgan fingerprint density at radius 1 is 1.00 bits per heavy atom. The molecule has 0 spiro atoms. The van der Waals surface area contributed by atoms with Gasteiger partial charge in [-0.25, -0.2) is 4.90 Å². The van der Waals surface area contributed by atoms with E-state index in [0.717, 1.165) is 10.1 Å². The predicted octanol–water partition coefficient (Wildman–Crippen LogP) is 2.33. The maximum absolute atomic E-state index is 11.6. The van der Waals surface area contributed by atoms with Crippen molar-refractivity contribution in [2.75, 3.05) is 4.90 Å². The maximum Gasteiger partial charge on any atom is 0.258 e. The predicted molar refractivity (Wildman–Crippen MR) is 63.5 cm³/mol. The van der Waals surface area contributed by atoms with Crippen LogP contribution >= 0.6 is 11.3 Å². The summed E-state index contributed by atoms with van der Waals surface area (Å²) in [5.74, 6) is -0.545. The van der Waals surface area contributed by atoms with Crippen molar-refractivity contribution in [1.82, 2.24) is 0 Å². The number of amides is 2. The molecule has 0 fully saturated rings. The molecular weight excluding hydrogens is 222 g/mol. The van der Waals surface area contributed by atoms with Gasteiger partial charge in [-0.15, -0.1) is 11.3 Å². The molecule has 4 heteroatoms. The van der Waals surface area contributed by atoms with Gasteiger partial charge in [0.2, 0.25) is 0 Å².